The van der Waals surface area contributed by atoms with E-state index in [1.165, 1.54) is 0 Å². The summed E-state index contributed by atoms with van der Waals surface area (Å²) >= 11 is 6.07. The first kappa shape index (κ1) is 19.0. The van der Waals surface area contributed by atoms with E-state index in [1.54, 1.807) is 4.90 Å². The maximum absolute atomic E-state index is 12.7. The third-order valence-corrected chi connectivity index (χ3v) is 5.65. The van der Waals surface area contributed by atoms with E-state index in [0.717, 1.165) is 43.2 Å². The maximum atomic E-state index is 12.7. The second-order valence-electron chi connectivity index (χ2n) is 7.35. The van der Waals surface area contributed by atoms with Gasteiger partial charge in [-0.15, -0.1) is 0 Å². The van der Waals surface area contributed by atoms with E-state index >= 15 is 0 Å². The van der Waals surface area contributed by atoms with Gasteiger partial charge >= 0.3 is 0 Å². The van der Waals surface area contributed by atoms with Crippen molar-refractivity contribution in [2.45, 2.75) is 26.2 Å². The monoisotopic (exact) mass is 377 g/mol. The first-order chi connectivity index (χ1) is 12.5. The highest BCUT2D eigenvalue weighted by molar-refractivity contribution is 6.30. The molecule has 1 saturated heterocycles. The third kappa shape index (κ3) is 4.32. The molecule has 3 rings (SSSR count). The second kappa shape index (κ2) is 8.30. The van der Waals surface area contributed by atoms with Gasteiger partial charge in [-0.1, -0.05) is 31.0 Å². The summed E-state index contributed by atoms with van der Waals surface area (Å²) in [5.41, 5.74) is 1.10. The lowest BCUT2D eigenvalue weighted by Crippen LogP contribution is -2.49. The number of rotatable bonds is 6. The van der Waals surface area contributed by atoms with Crippen molar-refractivity contribution < 1.29 is 9.59 Å². The number of hydrogen-bond acceptors (Lipinski definition) is 3. The van der Waals surface area contributed by atoms with E-state index in [2.05, 4.69) is 11.8 Å². The van der Waals surface area contributed by atoms with Crippen LogP contribution in [0.1, 0.15) is 26.2 Å². The van der Waals surface area contributed by atoms with E-state index in [0.29, 0.717) is 19.5 Å². The molecule has 2 atom stereocenters. The first-order valence-electron chi connectivity index (χ1n) is 9.55. The van der Waals surface area contributed by atoms with Gasteiger partial charge in [-0.2, -0.15) is 0 Å². The molecule has 142 valence electrons. The fourth-order valence-corrected chi connectivity index (χ4v) is 3.81. The zero-order valence-corrected chi connectivity index (χ0v) is 16.4. The molecule has 1 aliphatic heterocycles. The Morgan fingerprint density at radius 3 is 2.58 bits per heavy atom. The van der Waals surface area contributed by atoms with E-state index in [-0.39, 0.29) is 23.7 Å². The number of halogens is 1. The molecular weight excluding hydrogens is 350 g/mol. The van der Waals surface area contributed by atoms with Crippen LogP contribution in [0.2, 0.25) is 5.02 Å². The van der Waals surface area contributed by atoms with Gasteiger partial charge in [0.1, 0.15) is 0 Å². The molecule has 1 saturated carbocycles. The zero-order valence-electron chi connectivity index (χ0n) is 15.7. The smallest absolute Gasteiger partial charge is 0.226 e. The molecule has 5 nitrogen and oxygen atoms in total. The van der Waals surface area contributed by atoms with Crippen LogP contribution in [0.3, 0.4) is 0 Å². The number of hydrogen-bond donors (Lipinski definition) is 0. The minimum Gasteiger partial charge on any atom is -0.368 e. The molecule has 1 aliphatic carbocycles. The van der Waals surface area contributed by atoms with Crippen molar-refractivity contribution in [3.05, 3.63) is 29.3 Å². The highest BCUT2D eigenvalue weighted by Crippen LogP contribution is 2.41. The molecule has 2 aliphatic rings. The van der Waals surface area contributed by atoms with Gasteiger partial charge < -0.3 is 14.7 Å². The van der Waals surface area contributed by atoms with Crippen molar-refractivity contribution in [2.24, 2.45) is 11.8 Å². The normalized spacial score (nSPS) is 22.3. The largest absolute Gasteiger partial charge is 0.368 e. The van der Waals surface area contributed by atoms with Gasteiger partial charge in [-0.25, -0.2) is 0 Å². The molecule has 0 aromatic heterocycles. The van der Waals surface area contributed by atoms with E-state index in [9.17, 15) is 9.59 Å². The fraction of sp³-hybridized carbons (Fsp3) is 0.600. The van der Waals surface area contributed by atoms with Gasteiger partial charge in [-0.3, -0.25) is 9.59 Å². The van der Waals surface area contributed by atoms with Crippen LogP contribution in [-0.2, 0) is 9.59 Å². The Labute approximate surface area is 160 Å². The summed E-state index contributed by atoms with van der Waals surface area (Å²) < 4.78 is 0. The number of anilines is 1. The van der Waals surface area contributed by atoms with Gasteiger partial charge in [0.2, 0.25) is 11.8 Å². The van der Waals surface area contributed by atoms with Crippen LogP contribution in [0, 0.1) is 11.8 Å². The van der Waals surface area contributed by atoms with Gasteiger partial charge in [-0.05, 0) is 31.0 Å². The molecule has 2 unspecified atom stereocenters. The lowest BCUT2D eigenvalue weighted by atomic mass is 10.2. The van der Waals surface area contributed by atoms with Gasteiger partial charge in [0.25, 0.3) is 0 Å². The number of amides is 2. The number of carbonyl (C=O) groups is 2. The summed E-state index contributed by atoms with van der Waals surface area (Å²) in [6, 6.07) is 7.82. The summed E-state index contributed by atoms with van der Waals surface area (Å²) in [4.78, 5) is 31.1. The predicted octanol–water partition coefficient (Wildman–Crippen LogP) is 2.88. The van der Waals surface area contributed by atoms with Crippen molar-refractivity contribution in [2.75, 3.05) is 44.7 Å². The molecule has 0 radical (unpaired) electrons. The molecule has 0 N–H and O–H groups in total. The minimum atomic E-state index is -0.107. The summed E-state index contributed by atoms with van der Waals surface area (Å²) in [5, 5.41) is 0.729. The maximum Gasteiger partial charge on any atom is 0.226 e. The Morgan fingerprint density at radius 2 is 1.92 bits per heavy atom. The Bertz CT molecular complexity index is 658. The Balaban J connectivity index is 1.48. The average molecular weight is 378 g/mol. The highest BCUT2D eigenvalue weighted by atomic mass is 35.5. The number of unbranched alkanes of at least 4 members (excludes halogenated alkanes) is 1. The predicted molar refractivity (Wildman–Crippen MR) is 104 cm³/mol. The summed E-state index contributed by atoms with van der Waals surface area (Å²) in [6.45, 7) is 5.90. The summed E-state index contributed by atoms with van der Waals surface area (Å²) in [7, 11) is 1.85. The van der Waals surface area contributed by atoms with Crippen molar-refractivity contribution in [3.63, 3.8) is 0 Å². The quantitative estimate of drug-likeness (QED) is 0.765. The zero-order chi connectivity index (χ0) is 18.7. The number of piperazine rings is 1. The molecule has 0 spiro atoms. The van der Waals surface area contributed by atoms with Crippen molar-refractivity contribution in [1.29, 1.82) is 0 Å². The molecule has 1 aromatic carbocycles. The summed E-state index contributed by atoms with van der Waals surface area (Å²) in [5.74, 6) is 0.0759. The molecule has 1 heterocycles. The van der Waals surface area contributed by atoms with Crippen LogP contribution in [0.25, 0.3) is 0 Å². The van der Waals surface area contributed by atoms with Crippen LogP contribution in [0.15, 0.2) is 24.3 Å². The minimum absolute atomic E-state index is 0.102. The topological polar surface area (TPSA) is 43.9 Å². The molecule has 1 aromatic rings. The van der Waals surface area contributed by atoms with Crippen molar-refractivity contribution >= 4 is 29.1 Å². The lowest BCUT2D eigenvalue weighted by Gasteiger charge is -2.36. The molecule has 26 heavy (non-hydrogen) atoms. The number of nitrogens with zero attached hydrogens (tertiary/aromatic N) is 3. The van der Waals surface area contributed by atoms with Gasteiger partial charge in [0, 0.05) is 50.5 Å². The third-order valence-electron chi connectivity index (χ3n) is 5.41. The average Bonchev–Trinajstić information content (AvgIpc) is 3.45. The standard InChI is InChI=1S/C20H28ClN3O2/c1-3-4-8-22(2)19(25)17-14-18(17)20(26)24-11-9-23(10-12-24)16-7-5-6-15(21)13-16/h5-7,13,17-18H,3-4,8-12,14H2,1-2H3. The van der Waals surface area contributed by atoms with Crippen LogP contribution < -0.4 is 4.90 Å². The number of carbonyl (C=O) groups excluding carboxylic acids is 2. The Morgan fingerprint density at radius 1 is 1.19 bits per heavy atom. The van der Waals surface area contributed by atoms with Crippen molar-refractivity contribution in [3.8, 4) is 0 Å². The van der Waals surface area contributed by atoms with Crippen LogP contribution in [0.5, 0.6) is 0 Å². The molecule has 2 amide bonds. The first-order valence-corrected chi connectivity index (χ1v) is 9.93. The second-order valence-corrected chi connectivity index (χ2v) is 7.79. The fourth-order valence-electron chi connectivity index (χ4n) is 3.62. The Kier molecular flexibility index (Phi) is 6.07. The van der Waals surface area contributed by atoms with Gasteiger partial charge in [0.05, 0.1) is 11.8 Å². The molecule has 6 heteroatoms. The molecule has 2 fully saturated rings. The van der Waals surface area contributed by atoms with Gasteiger partial charge in [0.15, 0.2) is 0 Å². The van der Waals surface area contributed by atoms with Crippen LogP contribution in [-0.4, -0.2) is 61.4 Å². The summed E-state index contributed by atoms with van der Waals surface area (Å²) in [6.07, 6.45) is 2.79. The van der Waals surface area contributed by atoms with Crippen LogP contribution in [0.4, 0.5) is 5.69 Å². The molecular formula is C20H28ClN3O2. The molecule has 0 bridgehead atoms. The lowest BCUT2D eigenvalue weighted by molar-refractivity contribution is -0.137. The Hall–Kier alpha value is -1.75. The van der Waals surface area contributed by atoms with E-state index in [1.807, 2.05) is 36.2 Å². The van der Waals surface area contributed by atoms with Crippen molar-refractivity contribution in [1.82, 2.24) is 9.80 Å². The highest BCUT2D eigenvalue weighted by Gasteiger charge is 2.50. The van der Waals surface area contributed by atoms with E-state index < -0.39 is 0 Å². The SMILES string of the molecule is CCCCN(C)C(=O)C1CC1C(=O)N1CCN(c2cccc(Cl)c2)CC1. The van der Waals surface area contributed by atoms with E-state index in [4.69, 9.17) is 11.6 Å². The number of benzene rings is 1. The van der Waals surface area contributed by atoms with Crippen LogP contribution >= 0.6 is 11.6 Å².